The Bertz CT molecular complexity index is 2280. The van der Waals surface area contributed by atoms with Gasteiger partial charge in [0.1, 0.15) is 12.3 Å². The molecule has 0 aliphatic carbocycles. The zero-order valence-corrected chi connectivity index (χ0v) is 37.7. The molecule has 30 heteroatoms. The summed E-state index contributed by atoms with van der Waals surface area (Å²) in [7, 11) is -16.9. The number of nitrogens with two attached hydrogens (primary N) is 1. The monoisotopic (exact) mass is 983 g/mol. The van der Waals surface area contributed by atoms with Gasteiger partial charge in [-0.2, -0.15) is 25.4 Å². The summed E-state index contributed by atoms with van der Waals surface area (Å²) < 4.78 is 53.6. The van der Waals surface area contributed by atoms with Crippen LogP contribution in [0.3, 0.4) is 0 Å². The Morgan fingerprint density at radius 2 is 1.59 bits per heavy atom. The molecule has 0 radical (unpaired) electrons. The van der Waals surface area contributed by atoms with Gasteiger partial charge in [0.15, 0.2) is 5.65 Å². The number of carbonyl (C=O) groups excluding carboxylic acids is 4. The first-order chi connectivity index (χ1) is 30.2. The van der Waals surface area contributed by atoms with Gasteiger partial charge >= 0.3 is 29.5 Å². The molecule has 3 unspecified atom stereocenters. The molecule has 5 amide bonds. The normalized spacial score (nSPS) is 23.5. The third kappa shape index (κ3) is 15.9. The van der Waals surface area contributed by atoms with Gasteiger partial charge < -0.3 is 66.3 Å². The van der Waals surface area contributed by atoms with Gasteiger partial charge in [-0.05, 0) is 32.1 Å². The van der Waals surface area contributed by atoms with E-state index in [9.17, 15) is 52.6 Å². The number of nitrogens with zero attached hydrogens (tertiary/aromatic N) is 2. The first-order valence-corrected chi connectivity index (χ1v) is 25.8. The number of aliphatic hydroxyl groups is 1. The number of phosphoric ester groups is 1. The second kappa shape index (κ2) is 23.0. The number of nitrogens with one attached hydrogen (secondary N) is 6. The zero-order chi connectivity index (χ0) is 46.7. The van der Waals surface area contributed by atoms with E-state index in [1.165, 1.54) is 10.8 Å². The van der Waals surface area contributed by atoms with Crippen molar-refractivity contribution in [2.75, 3.05) is 37.7 Å². The third-order valence-electron chi connectivity index (χ3n) is 10.0. The zero-order valence-electron chi connectivity index (χ0n) is 34.2. The van der Waals surface area contributed by atoms with Crippen molar-refractivity contribution in [1.29, 1.82) is 0 Å². The molecule has 5 heterocycles. The SMILES string of the molecule is Nc1nc2c(c(C#CCNC(=O)CCCNC(=O)CCCCCNC(=O)CCCC[C@@H]3SC[C@@H]4NC(=O)N[C@@H]43)cn2[C@H]2CC(O)[C@@H](COP(=O)(O)OP(=O)(O)OP(=O)(O)O)O2)c(=O)[nH]1. The number of thioether (sulfide) groups is 1. The van der Waals surface area contributed by atoms with E-state index in [1.807, 2.05) is 11.8 Å². The molecule has 0 bridgehead atoms. The highest BCUT2D eigenvalue weighted by molar-refractivity contribution is 8.00. The van der Waals surface area contributed by atoms with Crippen LogP contribution in [-0.2, 0) is 46.0 Å². The Morgan fingerprint density at radius 3 is 2.31 bits per heavy atom. The van der Waals surface area contributed by atoms with Crippen molar-refractivity contribution >= 4 is 76.0 Å². The number of amides is 5. The highest BCUT2D eigenvalue weighted by Gasteiger charge is 2.44. The number of rotatable bonds is 24. The molecular formula is C34H52N9O17P3S. The summed E-state index contributed by atoms with van der Waals surface area (Å²) in [5.41, 5.74) is 5.21. The van der Waals surface area contributed by atoms with Crippen LogP contribution in [0.1, 0.15) is 82.4 Å². The van der Waals surface area contributed by atoms with E-state index in [-0.39, 0.29) is 84.3 Å². The Hall–Kier alpha value is -3.86. The number of aromatic nitrogens is 3. The van der Waals surface area contributed by atoms with Crippen LogP contribution in [-0.4, -0.2) is 125 Å². The predicted octanol–water partition coefficient (Wildman–Crippen LogP) is 0.0650. The summed E-state index contributed by atoms with van der Waals surface area (Å²) in [6, 6.07) is 0.260. The Kier molecular flexibility index (Phi) is 18.4. The molecule has 3 saturated heterocycles. The van der Waals surface area contributed by atoms with Gasteiger partial charge in [0.2, 0.25) is 23.7 Å². The lowest BCUT2D eigenvalue weighted by atomic mass is 10.0. The fourth-order valence-corrected chi connectivity index (χ4v) is 11.7. The molecule has 3 fully saturated rings. The number of urea groups is 1. The van der Waals surface area contributed by atoms with Gasteiger partial charge in [-0.15, -0.1) is 0 Å². The standard InChI is InChI=1S/C34H52N9O17P3S/c35-33-41-31-29(32(48)42-33)20(17-43(31)28-16-22(44)23(58-28)18-57-62(53,54)60-63(55,56)59-61(50,51)52)8-6-14-37-27(47)12-7-15-38-25(45)10-2-1-5-13-36-26(46)11-4-3-9-24-30-21(19-64-24)39-34(49)40-30/h17,21-24,28,30,44H,1-5,7,9-16,18-19H2,(H,36,46)(H,37,47)(H,38,45)(H,53,54)(H,55,56)(H2,39,40,49)(H2,50,51,52)(H3,35,41,42,48)/t21-,22?,23+,24-,28+,30-/m0/s1. The summed E-state index contributed by atoms with van der Waals surface area (Å²) in [5, 5.41) is 25.2. The maximum Gasteiger partial charge on any atom is 0.490 e. The van der Waals surface area contributed by atoms with E-state index in [4.69, 9.17) is 20.3 Å². The number of hydrogen-bond acceptors (Lipinski definition) is 16. The second-order valence-corrected chi connectivity index (χ2v) is 20.7. The summed E-state index contributed by atoms with van der Waals surface area (Å²) in [5.74, 6) is 5.69. The average molecular weight is 984 g/mol. The molecule has 356 valence electrons. The lowest BCUT2D eigenvalue weighted by molar-refractivity contribution is -0.122. The van der Waals surface area contributed by atoms with Crippen molar-refractivity contribution in [3.63, 3.8) is 0 Å². The van der Waals surface area contributed by atoms with Gasteiger partial charge in [0, 0.05) is 56.0 Å². The molecule has 0 aromatic carbocycles. The highest BCUT2D eigenvalue weighted by atomic mass is 32.2. The van der Waals surface area contributed by atoms with Crippen LogP contribution in [0.4, 0.5) is 10.7 Å². The number of anilines is 1. The van der Waals surface area contributed by atoms with Crippen LogP contribution in [0, 0.1) is 11.8 Å². The molecule has 3 aliphatic rings. The Morgan fingerprint density at radius 1 is 0.922 bits per heavy atom. The van der Waals surface area contributed by atoms with Gasteiger partial charge in [0.25, 0.3) is 5.56 Å². The fraction of sp³-hybridized carbons (Fsp3) is 0.647. The number of H-pyrrole nitrogens is 1. The van der Waals surface area contributed by atoms with E-state index in [0.717, 1.165) is 37.9 Å². The third-order valence-corrected chi connectivity index (χ3v) is 15.3. The lowest BCUT2D eigenvalue weighted by Gasteiger charge is -2.19. The van der Waals surface area contributed by atoms with E-state index < -0.39 is 54.1 Å². The molecular weight excluding hydrogens is 931 g/mol. The quantitative estimate of drug-likeness (QED) is 0.0286. The van der Waals surface area contributed by atoms with Crippen molar-refractivity contribution in [2.24, 2.45) is 0 Å². The maximum absolute atomic E-state index is 12.9. The largest absolute Gasteiger partial charge is 0.490 e. The Labute approximate surface area is 369 Å². The van der Waals surface area contributed by atoms with Crippen molar-refractivity contribution in [3.8, 4) is 11.8 Å². The minimum absolute atomic E-state index is 0.00548. The highest BCUT2D eigenvalue weighted by Crippen LogP contribution is 2.66. The minimum atomic E-state index is -5.77. The number of aromatic amines is 1. The smallest absolute Gasteiger partial charge is 0.390 e. The van der Waals surface area contributed by atoms with E-state index in [0.29, 0.717) is 37.5 Å². The summed E-state index contributed by atoms with van der Waals surface area (Å²) >= 11 is 1.86. The first kappa shape index (κ1) is 51.1. The summed E-state index contributed by atoms with van der Waals surface area (Å²) in [6.45, 7) is -0.210. The fourth-order valence-electron chi connectivity index (χ4n) is 7.11. The number of ether oxygens (including phenoxy) is 1. The summed E-state index contributed by atoms with van der Waals surface area (Å²) in [6.07, 6.45) is 3.40. The van der Waals surface area contributed by atoms with Crippen LogP contribution in [0.25, 0.3) is 11.0 Å². The van der Waals surface area contributed by atoms with E-state index in [1.54, 1.807) is 0 Å². The molecule has 8 atom stereocenters. The number of fused-ring (bicyclic) bond motifs is 2. The first-order valence-electron chi connectivity index (χ1n) is 20.2. The number of phosphoric acid groups is 3. The number of nitrogen functional groups attached to an aromatic ring is 1. The minimum Gasteiger partial charge on any atom is -0.390 e. The van der Waals surface area contributed by atoms with E-state index in [2.05, 4.69) is 61.5 Å². The molecule has 13 N–H and O–H groups in total. The number of carbonyl (C=O) groups is 4. The van der Waals surface area contributed by atoms with Crippen molar-refractivity contribution in [3.05, 3.63) is 22.1 Å². The molecule has 64 heavy (non-hydrogen) atoms. The van der Waals surface area contributed by atoms with Crippen LogP contribution in [0.15, 0.2) is 11.0 Å². The maximum atomic E-state index is 12.9. The molecule has 2 aromatic heterocycles. The van der Waals surface area contributed by atoms with Gasteiger partial charge in [-0.3, -0.25) is 28.7 Å². The van der Waals surface area contributed by atoms with Gasteiger partial charge in [-0.25, -0.2) is 18.5 Å². The van der Waals surface area contributed by atoms with Crippen molar-refractivity contribution in [1.82, 2.24) is 41.1 Å². The van der Waals surface area contributed by atoms with Gasteiger partial charge in [-0.1, -0.05) is 24.7 Å². The molecule has 26 nitrogen and oxygen atoms in total. The van der Waals surface area contributed by atoms with E-state index >= 15 is 0 Å². The van der Waals surface area contributed by atoms with Gasteiger partial charge in [0.05, 0.1) is 42.3 Å². The van der Waals surface area contributed by atoms with Crippen LogP contribution in [0.2, 0.25) is 0 Å². The molecule has 5 rings (SSSR count). The second-order valence-electron chi connectivity index (χ2n) is 15.0. The number of aliphatic hydroxyl groups excluding tert-OH is 1. The predicted molar refractivity (Wildman–Crippen MR) is 227 cm³/mol. The molecule has 2 aromatic rings. The van der Waals surface area contributed by atoms with Crippen LogP contribution >= 0.6 is 35.2 Å². The molecule has 3 aliphatic heterocycles. The number of unbranched alkanes of at least 4 members (excludes halogenated alkanes) is 3. The van der Waals surface area contributed by atoms with Crippen molar-refractivity contribution in [2.45, 2.75) is 106 Å². The molecule has 0 spiro atoms. The lowest BCUT2D eigenvalue weighted by Crippen LogP contribution is -2.36. The van der Waals surface area contributed by atoms with Crippen LogP contribution < -0.4 is 37.9 Å². The van der Waals surface area contributed by atoms with Crippen molar-refractivity contribution < 1.29 is 75.4 Å². The Balaban J connectivity index is 0.954. The van der Waals surface area contributed by atoms with Crippen LogP contribution in [0.5, 0.6) is 0 Å². The topological polar surface area (TPSA) is 394 Å². The summed E-state index contributed by atoms with van der Waals surface area (Å²) in [4.78, 5) is 104. The number of hydrogen-bond donors (Lipinski definition) is 12. The molecule has 0 saturated carbocycles. The average Bonchev–Trinajstić information content (AvgIpc) is 3.95.